The smallest absolute Gasteiger partial charge is 0.716 e. The number of aliphatic hydroxyl groups excluding tert-OH is 1. The van der Waals surface area contributed by atoms with Crippen molar-refractivity contribution in [2.75, 3.05) is 6.61 Å². The fourth-order valence-electron chi connectivity index (χ4n) is 0.237. The SMILES string of the molecule is N[C@@H](CO)C(=O)OS(=O)(=O)[O-].[Na+]. The number of carbonyl (C=O) groups is 1. The van der Waals surface area contributed by atoms with Crippen LogP contribution in [0.1, 0.15) is 0 Å². The molecule has 3 N–H and O–H groups in total. The fourth-order valence-corrected chi connectivity index (χ4v) is 0.562. The molecule has 0 aliphatic carbocycles. The van der Waals surface area contributed by atoms with Crippen molar-refractivity contribution in [2.45, 2.75) is 6.04 Å². The van der Waals surface area contributed by atoms with Crippen LogP contribution < -0.4 is 35.3 Å². The fraction of sp³-hybridized carbons (Fsp3) is 0.667. The Kier molecular flexibility index (Phi) is 7.23. The molecule has 0 heterocycles. The molecular weight excluding hydrogens is 201 g/mol. The normalized spacial score (nSPS) is 12.9. The van der Waals surface area contributed by atoms with Crippen LogP contribution in [0.2, 0.25) is 0 Å². The zero-order valence-corrected chi connectivity index (χ0v) is 9.08. The van der Waals surface area contributed by atoms with Gasteiger partial charge in [0.15, 0.2) is 0 Å². The van der Waals surface area contributed by atoms with Crippen molar-refractivity contribution in [3.05, 3.63) is 0 Å². The first-order chi connectivity index (χ1) is 4.87. The molecule has 0 aliphatic heterocycles. The van der Waals surface area contributed by atoms with E-state index in [9.17, 15) is 17.8 Å². The number of carbonyl (C=O) groups excluding carboxylic acids is 1. The van der Waals surface area contributed by atoms with E-state index in [2.05, 4.69) is 4.18 Å². The molecule has 0 rings (SSSR count). The second-order valence-corrected chi connectivity index (χ2v) is 2.58. The Morgan fingerprint density at radius 3 is 2.33 bits per heavy atom. The van der Waals surface area contributed by atoms with Crippen molar-refractivity contribution >= 4 is 16.4 Å². The average Bonchev–Trinajstić information content (AvgIpc) is 1.82. The van der Waals surface area contributed by atoms with Gasteiger partial charge in [-0.2, -0.15) is 0 Å². The van der Waals surface area contributed by atoms with Gasteiger partial charge in [-0.25, -0.2) is 13.2 Å². The molecule has 7 nitrogen and oxygen atoms in total. The number of hydrogen-bond acceptors (Lipinski definition) is 7. The summed E-state index contributed by atoms with van der Waals surface area (Å²) in [7, 11) is -5.07. The van der Waals surface area contributed by atoms with E-state index >= 15 is 0 Å². The molecular formula is C3H6NNaO6S. The van der Waals surface area contributed by atoms with E-state index in [0.717, 1.165) is 0 Å². The zero-order valence-electron chi connectivity index (χ0n) is 6.26. The van der Waals surface area contributed by atoms with Gasteiger partial charge in [-0.15, -0.1) is 0 Å². The Morgan fingerprint density at radius 1 is 1.67 bits per heavy atom. The Hall–Kier alpha value is 0.300. The van der Waals surface area contributed by atoms with Crippen molar-refractivity contribution in [1.82, 2.24) is 0 Å². The second-order valence-electron chi connectivity index (χ2n) is 1.60. The molecule has 0 aromatic heterocycles. The van der Waals surface area contributed by atoms with Crippen LogP contribution in [0.3, 0.4) is 0 Å². The first-order valence-corrected chi connectivity index (χ1v) is 3.75. The van der Waals surface area contributed by atoms with Crippen LogP contribution in [0.5, 0.6) is 0 Å². The van der Waals surface area contributed by atoms with Crippen molar-refractivity contribution in [3.8, 4) is 0 Å². The molecule has 0 spiro atoms. The van der Waals surface area contributed by atoms with Gasteiger partial charge in [0.1, 0.15) is 6.04 Å². The van der Waals surface area contributed by atoms with Crippen molar-refractivity contribution in [2.24, 2.45) is 5.73 Å². The van der Waals surface area contributed by atoms with Gasteiger partial charge in [-0.3, -0.25) is 0 Å². The van der Waals surface area contributed by atoms with E-state index in [1.807, 2.05) is 0 Å². The van der Waals surface area contributed by atoms with Crippen molar-refractivity contribution in [3.63, 3.8) is 0 Å². The summed E-state index contributed by atoms with van der Waals surface area (Å²) in [4.78, 5) is 10.3. The first-order valence-electron chi connectivity index (χ1n) is 2.42. The van der Waals surface area contributed by atoms with Gasteiger partial charge in [0.05, 0.1) is 6.61 Å². The molecule has 0 aromatic rings. The maximum Gasteiger partial charge on any atom is 1.00 e. The third-order valence-electron chi connectivity index (χ3n) is 0.684. The van der Waals surface area contributed by atoms with Gasteiger partial charge in [-0.05, 0) is 0 Å². The molecule has 1 atom stereocenters. The standard InChI is InChI=1S/C3H7NO6S.Na/c4-2(1-5)3(6)10-11(7,8)9;/h2,5H,1,4H2,(H,7,8,9);/q;+1/p-1/t2-;/m0./s1. The molecule has 0 aliphatic rings. The summed E-state index contributed by atoms with van der Waals surface area (Å²) in [6.45, 7) is -0.783. The molecule has 66 valence electrons. The Labute approximate surface area is 91.1 Å². The number of nitrogens with two attached hydrogens (primary N) is 1. The second kappa shape index (κ2) is 5.86. The van der Waals surface area contributed by atoms with Crippen LogP contribution in [0, 0.1) is 0 Å². The molecule has 0 amide bonds. The Balaban J connectivity index is 0. The predicted octanol–water partition coefficient (Wildman–Crippen LogP) is -5.69. The summed E-state index contributed by atoms with van der Waals surface area (Å²) in [5.41, 5.74) is 4.80. The quantitative estimate of drug-likeness (QED) is 0.268. The average molecular weight is 207 g/mol. The van der Waals surface area contributed by atoms with Crippen LogP contribution in [0.25, 0.3) is 0 Å². The summed E-state index contributed by atoms with van der Waals surface area (Å²) in [5, 5.41) is 8.18. The van der Waals surface area contributed by atoms with E-state index in [1.165, 1.54) is 0 Å². The monoisotopic (exact) mass is 207 g/mol. The molecule has 0 fully saturated rings. The molecule has 12 heavy (non-hydrogen) atoms. The number of rotatable bonds is 3. The first kappa shape index (κ1) is 14.8. The van der Waals surface area contributed by atoms with E-state index in [0.29, 0.717) is 0 Å². The summed E-state index contributed by atoms with van der Waals surface area (Å²) < 4.78 is 32.5. The summed E-state index contributed by atoms with van der Waals surface area (Å²) >= 11 is 0. The molecule has 0 bridgehead atoms. The summed E-state index contributed by atoms with van der Waals surface area (Å²) in [6.07, 6.45) is 0. The third-order valence-corrected chi connectivity index (χ3v) is 1.05. The topological polar surface area (TPSA) is 130 Å². The van der Waals surface area contributed by atoms with Gasteiger partial charge >= 0.3 is 35.5 Å². The van der Waals surface area contributed by atoms with E-state index < -0.39 is 29.0 Å². The van der Waals surface area contributed by atoms with Crippen LogP contribution in [0.15, 0.2) is 0 Å². The van der Waals surface area contributed by atoms with Gasteiger partial charge in [0.2, 0.25) is 0 Å². The van der Waals surface area contributed by atoms with E-state index in [1.54, 1.807) is 0 Å². The molecule has 9 heteroatoms. The molecule has 0 unspecified atom stereocenters. The van der Waals surface area contributed by atoms with Crippen LogP contribution in [-0.2, 0) is 19.4 Å². The minimum atomic E-state index is -5.07. The number of aliphatic hydroxyl groups is 1. The molecule has 0 saturated carbocycles. The van der Waals surface area contributed by atoms with Gasteiger partial charge < -0.3 is 19.6 Å². The van der Waals surface area contributed by atoms with Gasteiger partial charge in [-0.1, -0.05) is 0 Å². The van der Waals surface area contributed by atoms with Gasteiger partial charge in [0.25, 0.3) is 10.4 Å². The van der Waals surface area contributed by atoms with Crippen molar-refractivity contribution in [1.29, 1.82) is 0 Å². The summed E-state index contributed by atoms with van der Waals surface area (Å²) in [6, 6.07) is -1.50. The van der Waals surface area contributed by atoms with Crippen LogP contribution in [-0.4, -0.2) is 36.7 Å². The van der Waals surface area contributed by atoms with E-state index in [-0.39, 0.29) is 29.6 Å². The van der Waals surface area contributed by atoms with Gasteiger partial charge in [0, 0.05) is 0 Å². The minimum Gasteiger partial charge on any atom is -0.716 e. The maximum absolute atomic E-state index is 10.3. The zero-order chi connectivity index (χ0) is 9.07. The number of hydrogen-bond donors (Lipinski definition) is 2. The molecule has 0 saturated heterocycles. The summed E-state index contributed by atoms with van der Waals surface area (Å²) in [5.74, 6) is -1.47. The third kappa shape index (κ3) is 6.98. The Morgan fingerprint density at radius 2 is 2.08 bits per heavy atom. The largest absolute Gasteiger partial charge is 1.00 e. The van der Waals surface area contributed by atoms with Crippen LogP contribution in [0.4, 0.5) is 0 Å². The molecule has 0 radical (unpaired) electrons. The predicted molar refractivity (Wildman–Crippen MR) is 30.9 cm³/mol. The maximum atomic E-state index is 10.3. The van der Waals surface area contributed by atoms with E-state index in [4.69, 9.17) is 10.8 Å². The Bertz CT molecular complexity index is 237. The molecule has 0 aromatic carbocycles. The van der Waals surface area contributed by atoms with Crippen LogP contribution >= 0.6 is 0 Å². The van der Waals surface area contributed by atoms with Crippen molar-refractivity contribution < 1.29 is 56.6 Å². The minimum absolute atomic E-state index is 0.